The molecule has 1 rings (SSSR count). The van der Waals surface area contributed by atoms with Crippen molar-refractivity contribution in [1.29, 1.82) is 0 Å². The maximum absolute atomic E-state index is 4.09. The molecule has 0 amide bonds. The molecule has 0 spiro atoms. The van der Waals surface area contributed by atoms with Crippen molar-refractivity contribution in [1.82, 2.24) is 9.78 Å². The molecule has 0 saturated heterocycles. The number of nitrogens with zero attached hydrogens (tertiary/aromatic N) is 2. The Morgan fingerprint density at radius 3 is 3.09 bits per heavy atom. The fraction of sp³-hybridized carbons (Fsp3) is 0.375. The molecule has 0 aliphatic heterocycles. The summed E-state index contributed by atoms with van der Waals surface area (Å²) >= 11 is 3.32. The molecule has 1 heterocycles. The van der Waals surface area contributed by atoms with Crippen molar-refractivity contribution in [3.05, 3.63) is 16.9 Å². The van der Waals surface area contributed by atoms with Crippen molar-refractivity contribution in [3.63, 3.8) is 0 Å². The number of hydrogen-bond donors (Lipinski definition) is 0. The normalized spacial score (nSPS) is 8.91. The second-order valence-electron chi connectivity index (χ2n) is 2.10. The molecule has 0 aliphatic carbocycles. The molecule has 58 valence electrons. The van der Waals surface area contributed by atoms with Crippen molar-refractivity contribution in [2.75, 3.05) is 0 Å². The van der Waals surface area contributed by atoms with Crippen LogP contribution in [0.3, 0.4) is 0 Å². The highest BCUT2D eigenvalue weighted by atomic mass is 79.9. The molecule has 0 N–H and O–H groups in total. The average molecular weight is 213 g/mol. The SMILES string of the molecule is CC#CCCn1cc(Br)cn1. The van der Waals surface area contributed by atoms with E-state index in [2.05, 4.69) is 32.9 Å². The summed E-state index contributed by atoms with van der Waals surface area (Å²) in [4.78, 5) is 0. The van der Waals surface area contributed by atoms with Crippen LogP contribution in [-0.4, -0.2) is 9.78 Å². The summed E-state index contributed by atoms with van der Waals surface area (Å²) < 4.78 is 2.89. The van der Waals surface area contributed by atoms with Gasteiger partial charge in [-0.1, -0.05) is 0 Å². The molecule has 0 aromatic carbocycles. The van der Waals surface area contributed by atoms with Crippen molar-refractivity contribution >= 4 is 15.9 Å². The highest BCUT2D eigenvalue weighted by Crippen LogP contribution is 2.05. The summed E-state index contributed by atoms with van der Waals surface area (Å²) in [6.45, 7) is 2.71. The lowest BCUT2D eigenvalue weighted by Crippen LogP contribution is -1.96. The summed E-state index contributed by atoms with van der Waals surface area (Å²) in [6.07, 6.45) is 4.58. The van der Waals surface area contributed by atoms with Gasteiger partial charge in [0, 0.05) is 12.6 Å². The first-order chi connectivity index (χ1) is 5.33. The van der Waals surface area contributed by atoms with Crippen molar-refractivity contribution in [3.8, 4) is 11.8 Å². The predicted octanol–water partition coefficient (Wildman–Crippen LogP) is 2.06. The molecular formula is C8H9BrN2. The van der Waals surface area contributed by atoms with E-state index in [1.807, 2.05) is 17.8 Å². The molecule has 11 heavy (non-hydrogen) atoms. The molecule has 0 atom stereocenters. The molecule has 0 bridgehead atoms. The van der Waals surface area contributed by atoms with Crippen molar-refractivity contribution in [2.45, 2.75) is 19.9 Å². The Morgan fingerprint density at radius 2 is 2.55 bits per heavy atom. The first kappa shape index (κ1) is 8.35. The van der Waals surface area contributed by atoms with Gasteiger partial charge in [0.1, 0.15) is 0 Å². The largest absolute Gasteiger partial charge is 0.271 e. The predicted molar refractivity (Wildman–Crippen MR) is 48.0 cm³/mol. The van der Waals surface area contributed by atoms with Crippen LogP contribution in [0.1, 0.15) is 13.3 Å². The fourth-order valence-corrected chi connectivity index (χ4v) is 1.08. The number of hydrogen-bond acceptors (Lipinski definition) is 1. The molecule has 1 aromatic heterocycles. The van der Waals surface area contributed by atoms with Crippen LogP contribution >= 0.6 is 15.9 Å². The minimum absolute atomic E-state index is 0.866. The second-order valence-corrected chi connectivity index (χ2v) is 3.01. The molecule has 0 aliphatic rings. The van der Waals surface area contributed by atoms with E-state index in [0.717, 1.165) is 17.4 Å². The summed E-state index contributed by atoms with van der Waals surface area (Å²) in [7, 11) is 0. The first-order valence-corrected chi connectivity index (χ1v) is 4.20. The van der Waals surface area contributed by atoms with Gasteiger partial charge in [0.25, 0.3) is 0 Å². The van der Waals surface area contributed by atoms with Gasteiger partial charge in [0.15, 0.2) is 0 Å². The zero-order valence-corrected chi connectivity index (χ0v) is 7.93. The standard InChI is InChI=1S/C8H9BrN2/c1-2-3-4-5-11-7-8(9)6-10-11/h6-7H,4-5H2,1H3. The van der Waals surface area contributed by atoms with Gasteiger partial charge >= 0.3 is 0 Å². The Kier molecular flexibility index (Phi) is 3.18. The fourth-order valence-electron chi connectivity index (χ4n) is 0.756. The maximum Gasteiger partial charge on any atom is 0.0632 e. The zero-order chi connectivity index (χ0) is 8.10. The van der Waals surface area contributed by atoms with E-state index in [-0.39, 0.29) is 0 Å². The van der Waals surface area contributed by atoms with E-state index in [0.29, 0.717) is 0 Å². The van der Waals surface area contributed by atoms with Crippen LogP contribution in [-0.2, 0) is 6.54 Å². The number of rotatable bonds is 2. The van der Waals surface area contributed by atoms with Crippen LogP contribution in [0.15, 0.2) is 16.9 Å². The van der Waals surface area contributed by atoms with Crippen molar-refractivity contribution in [2.24, 2.45) is 0 Å². The monoisotopic (exact) mass is 212 g/mol. The molecule has 0 saturated carbocycles. The summed E-state index contributed by atoms with van der Waals surface area (Å²) in [6, 6.07) is 0. The second kappa shape index (κ2) is 4.20. The van der Waals surface area contributed by atoms with Crippen LogP contribution in [0.5, 0.6) is 0 Å². The molecule has 0 unspecified atom stereocenters. The topological polar surface area (TPSA) is 17.8 Å². The van der Waals surface area contributed by atoms with Crippen LogP contribution in [0.25, 0.3) is 0 Å². The maximum atomic E-state index is 4.09. The van der Waals surface area contributed by atoms with Gasteiger partial charge in [0.05, 0.1) is 17.2 Å². The Balaban J connectivity index is 2.43. The Hall–Kier alpha value is -0.750. The molecule has 3 heteroatoms. The van der Waals surface area contributed by atoms with Gasteiger partial charge in [-0.25, -0.2) is 0 Å². The van der Waals surface area contributed by atoms with Crippen LogP contribution < -0.4 is 0 Å². The Labute approximate surface area is 74.7 Å². The van der Waals surface area contributed by atoms with Gasteiger partial charge in [0.2, 0.25) is 0 Å². The zero-order valence-electron chi connectivity index (χ0n) is 6.34. The quantitative estimate of drug-likeness (QED) is 0.687. The van der Waals surface area contributed by atoms with Crippen molar-refractivity contribution < 1.29 is 0 Å². The third-order valence-corrected chi connectivity index (χ3v) is 1.65. The van der Waals surface area contributed by atoms with E-state index >= 15 is 0 Å². The molecule has 0 radical (unpaired) electrons. The minimum atomic E-state index is 0.866. The lowest BCUT2D eigenvalue weighted by molar-refractivity contribution is 0.629. The average Bonchev–Trinajstić information content (AvgIpc) is 2.37. The highest BCUT2D eigenvalue weighted by molar-refractivity contribution is 9.10. The van der Waals surface area contributed by atoms with Crippen LogP contribution in [0.4, 0.5) is 0 Å². The van der Waals surface area contributed by atoms with Crippen LogP contribution in [0.2, 0.25) is 0 Å². The van der Waals surface area contributed by atoms with E-state index in [4.69, 9.17) is 0 Å². The van der Waals surface area contributed by atoms with E-state index in [9.17, 15) is 0 Å². The van der Waals surface area contributed by atoms with Gasteiger partial charge in [-0.05, 0) is 22.9 Å². The summed E-state index contributed by atoms with van der Waals surface area (Å²) in [5.74, 6) is 5.82. The summed E-state index contributed by atoms with van der Waals surface area (Å²) in [5.41, 5.74) is 0. The number of halogens is 1. The van der Waals surface area contributed by atoms with Gasteiger partial charge in [-0.15, -0.1) is 11.8 Å². The Bertz CT molecular complexity index is 280. The van der Waals surface area contributed by atoms with E-state index in [1.54, 1.807) is 6.20 Å². The summed E-state index contributed by atoms with van der Waals surface area (Å²) in [5, 5.41) is 4.09. The molecular weight excluding hydrogens is 204 g/mol. The lowest BCUT2D eigenvalue weighted by Gasteiger charge is -1.93. The number of aryl methyl sites for hydroxylation is 1. The first-order valence-electron chi connectivity index (χ1n) is 3.40. The van der Waals surface area contributed by atoms with Gasteiger partial charge < -0.3 is 0 Å². The minimum Gasteiger partial charge on any atom is -0.271 e. The molecule has 0 fully saturated rings. The number of aromatic nitrogens is 2. The smallest absolute Gasteiger partial charge is 0.0632 e. The van der Waals surface area contributed by atoms with Gasteiger partial charge in [-0.3, -0.25) is 4.68 Å². The van der Waals surface area contributed by atoms with E-state index < -0.39 is 0 Å². The molecule has 2 nitrogen and oxygen atoms in total. The molecule has 1 aromatic rings. The van der Waals surface area contributed by atoms with E-state index in [1.165, 1.54) is 0 Å². The lowest BCUT2D eigenvalue weighted by atomic mass is 10.4. The third-order valence-electron chi connectivity index (χ3n) is 1.24. The Morgan fingerprint density at radius 1 is 1.73 bits per heavy atom. The van der Waals surface area contributed by atoms with Gasteiger partial charge in [-0.2, -0.15) is 5.10 Å². The highest BCUT2D eigenvalue weighted by Gasteiger charge is 1.91. The van der Waals surface area contributed by atoms with Crippen LogP contribution in [0, 0.1) is 11.8 Å². The third kappa shape index (κ3) is 2.77.